The Bertz CT molecular complexity index is 928. The summed E-state index contributed by atoms with van der Waals surface area (Å²) in [7, 11) is 1.55. The number of carboxylic acid groups (broad SMARTS) is 2. The maximum atomic E-state index is 12.3. The number of nitrogens with zero attached hydrogens (tertiary/aromatic N) is 3. The first-order valence-electron chi connectivity index (χ1n) is 9.52. The van der Waals surface area contributed by atoms with E-state index in [9.17, 15) is 19.8 Å². The number of benzene rings is 1. The summed E-state index contributed by atoms with van der Waals surface area (Å²) in [4.78, 5) is 27.8. The van der Waals surface area contributed by atoms with Gasteiger partial charge >= 0.3 is 11.9 Å². The summed E-state index contributed by atoms with van der Waals surface area (Å²) in [6, 6.07) is 4.43. The molecule has 8 nitrogen and oxygen atoms in total. The van der Waals surface area contributed by atoms with Crippen LogP contribution in [0.3, 0.4) is 0 Å². The largest absolute Gasteiger partial charge is 0.497 e. The second kappa shape index (κ2) is 8.67. The van der Waals surface area contributed by atoms with Crippen LogP contribution >= 0.6 is 0 Å². The Hall–Kier alpha value is -2.84. The van der Waals surface area contributed by atoms with Crippen LogP contribution in [0.4, 0.5) is 0 Å². The molecular formula is C21H27N3O5. The molecule has 1 atom stereocenters. The van der Waals surface area contributed by atoms with Crippen molar-refractivity contribution in [2.75, 3.05) is 39.8 Å². The second-order valence-electron chi connectivity index (χ2n) is 7.50. The lowest BCUT2D eigenvalue weighted by Crippen LogP contribution is -2.49. The minimum absolute atomic E-state index is 0.235. The van der Waals surface area contributed by atoms with Crippen molar-refractivity contribution >= 4 is 22.8 Å². The van der Waals surface area contributed by atoms with Crippen LogP contribution in [0.15, 0.2) is 36.5 Å². The van der Waals surface area contributed by atoms with Crippen molar-refractivity contribution in [3.8, 4) is 5.75 Å². The molecule has 0 bridgehead atoms. The minimum atomic E-state index is -0.982. The van der Waals surface area contributed by atoms with Gasteiger partial charge in [-0.1, -0.05) is 12.2 Å². The third-order valence-corrected chi connectivity index (χ3v) is 5.22. The number of fused-ring (bicyclic) bond motifs is 1. The van der Waals surface area contributed by atoms with Crippen molar-refractivity contribution in [2.45, 2.75) is 19.5 Å². The average Bonchev–Trinajstić information content (AvgIpc) is 2.99. The fourth-order valence-electron chi connectivity index (χ4n) is 3.97. The van der Waals surface area contributed by atoms with E-state index in [0.717, 1.165) is 25.2 Å². The zero-order valence-corrected chi connectivity index (χ0v) is 16.8. The molecule has 0 radical (unpaired) electrons. The van der Waals surface area contributed by atoms with Gasteiger partial charge in [0.15, 0.2) is 0 Å². The monoisotopic (exact) mass is 401 g/mol. The Morgan fingerprint density at radius 2 is 1.86 bits per heavy atom. The molecule has 1 aromatic carbocycles. The molecule has 1 saturated heterocycles. The highest BCUT2D eigenvalue weighted by Crippen LogP contribution is 2.33. The van der Waals surface area contributed by atoms with Crippen LogP contribution in [0, 0.1) is 0 Å². The maximum Gasteiger partial charge on any atom is 0.325 e. The molecule has 0 unspecified atom stereocenters. The van der Waals surface area contributed by atoms with Crippen LogP contribution in [-0.2, 0) is 16.1 Å². The molecule has 156 valence electrons. The first kappa shape index (κ1) is 20.9. The Balaban J connectivity index is 1.97. The van der Waals surface area contributed by atoms with Gasteiger partial charge in [0.2, 0.25) is 0 Å². The number of hydrogen-bond acceptors (Lipinski definition) is 5. The number of piperazine rings is 1. The summed E-state index contributed by atoms with van der Waals surface area (Å²) < 4.78 is 6.89. The quantitative estimate of drug-likeness (QED) is 0.654. The minimum Gasteiger partial charge on any atom is -0.497 e. The number of aliphatic carboxylic acids is 2. The molecule has 2 aromatic rings. The van der Waals surface area contributed by atoms with Gasteiger partial charge in [-0.25, -0.2) is 0 Å². The molecule has 0 spiro atoms. The number of aromatic nitrogens is 1. The molecule has 0 amide bonds. The van der Waals surface area contributed by atoms with Crippen molar-refractivity contribution < 1.29 is 24.5 Å². The van der Waals surface area contributed by atoms with Gasteiger partial charge in [-0.05, 0) is 25.1 Å². The van der Waals surface area contributed by atoms with Crippen LogP contribution < -0.4 is 4.74 Å². The van der Waals surface area contributed by atoms with Crippen molar-refractivity contribution in [3.63, 3.8) is 0 Å². The summed E-state index contributed by atoms with van der Waals surface area (Å²) in [5.74, 6) is -1.33. The summed E-state index contributed by atoms with van der Waals surface area (Å²) in [6.07, 6.45) is 1.65. The lowest BCUT2D eigenvalue weighted by atomic mass is 10.0. The fraction of sp³-hybridized carbons (Fsp3) is 0.429. The van der Waals surface area contributed by atoms with Crippen molar-refractivity contribution in [2.24, 2.45) is 0 Å². The van der Waals surface area contributed by atoms with E-state index in [4.69, 9.17) is 4.74 Å². The molecule has 1 aliphatic rings. The van der Waals surface area contributed by atoms with Crippen molar-refractivity contribution in [1.29, 1.82) is 0 Å². The van der Waals surface area contributed by atoms with E-state index < -0.39 is 18.0 Å². The lowest BCUT2D eigenvalue weighted by molar-refractivity contribution is -0.144. The van der Waals surface area contributed by atoms with Gasteiger partial charge in [-0.2, -0.15) is 0 Å². The molecule has 0 aliphatic carbocycles. The van der Waals surface area contributed by atoms with E-state index in [2.05, 4.69) is 11.5 Å². The second-order valence-corrected chi connectivity index (χ2v) is 7.50. The van der Waals surface area contributed by atoms with Gasteiger partial charge in [0.25, 0.3) is 0 Å². The first-order valence-corrected chi connectivity index (χ1v) is 9.52. The number of methoxy groups -OCH3 is 1. The summed E-state index contributed by atoms with van der Waals surface area (Å²) in [5.41, 5.74) is 2.34. The molecule has 2 heterocycles. The van der Waals surface area contributed by atoms with Gasteiger partial charge in [-0.3, -0.25) is 19.4 Å². The van der Waals surface area contributed by atoms with E-state index in [1.54, 1.807) is 36.1 Å². The summed E-state index contributed by atoms with van der Waals surface area (Å²) in [5, 5.41) is 20.0. The Morgan fingerprint density at radius 3 is 2.41 bits per heavy atom. The molecule has 29 heavy (non-hydrogen) atoms. The van der Waals surface area contributed by atoms with E-state index in [1.165, 1.54) is 0 Å². The average molecular weight is 401 g/mol. The molecular weight excluding hydrogens is 374 g/mol. The normalized spacial score (nSPS) is 16.6. The molecule has 1 fully saturated rings. The van der Waals surface area contributed by atoms with E-state index in [-0.39, 0.29) is 6.54 Å². The van der Waals surface area contributed by atoms with Crippen LogP contribution in [0.5, 0.6) is 5.75 Å². The van der Waals surface area contributed by atoms with Crippen LogP contribution in [0.1, 0.15) is 18.5 Å². The number of hydrogen-bond donors (Lipinski definition) is 2. The standard InChI is InChI=1S/C21H27N3O5/c1-14(2)11-22-6-8-23(9-7-22)20(21(27)28)17-12-24(13-19(25)26)18-5-4-15(29-3)10-16(17)18/h4-5,10,12,20H,1,6-9,11,13H2,2-3H3,(H,25,26)(H,27,28)/t20-/m0/s1. The maximum absolute atomic E-state index is 12.3. The molecule has 1 aliphatic heterocycles. The number of carboxylic acids is 2. The number of rotatable bonds is 8. The summed E-state index contributed by atoms with van der Waals surface area (Å²) >= 11 is 0. The molecule has 8 heteroatoms. The van der Waals surface area contributed by atoms with Crippen LogP contribution in [0.25, 0.3) is 10.9 Å². The Kier molecular flexibility index (Phi) is 6.24. The van der Waals surface area contributed by atoms with E-state index >= 15 is 0 Å². The number of carbonyl (C=O) groups is 2. The first-order chi connectivity index (χ1) is 13.8. The SMILES string of the molecule is C=C(C)CN1CCN([C@H](C(=O)O)c2cn(CC(=O)O)c3ccc(OC)cc23)CC1. The zero-order valence-electron chi connectivity index (χ0n) is 16.8. The highest BCUT2D eigenvalue weighted by atomic mass is 16.5. The van der Waals surface area contributed by atoms with Crippen LogP contribution in [-0.4, -0.2) is 76.4 Å². The van der Waals surface area contributed by atoms with Crippen LogP contribution in [0.2, 0.25) is 0 Å². The molecule has 1 aromatic heterocycles. The molecule has 2 N–H and O–H groups in total. The zero-order chi connectivity index (χ0) is 21.1. The predicted octanol–water partition coefficient (Wildman–Crippen LogP) is 2.05. The highest BCUT2D eigenvalue weighted by Gasteiger charge is 2.33. The van der Waals surface area contributed by atoms with Gasteiger partial charge < -0.3 is 19.5 Å². The van der Waals surface area contributed by atoms with Gasteiger partial charge in [0.05, 0.1) is 7.11 Å². The van der Waals surface area contributed by atoms with Crippen molar-refractivity contribution in [3.05, 3.63) is 42.1 Å². The summed E-state index contributed by atoms with van der Waals surface area (Å²) in [6.45, 7) is 9.24. The third-order valence-electron chi connectivity index (χ3n) is 5.22. The Morgan fingerprint density at radius 1 is 1.17 bits per heavy atom. The highest BCUT2D eigenvalue weighted by molar-refractivity contribution is 5.91. The topological polar surface area (TPSA) is 95.2 Å². The third kappa shape index (κ3) is 4.60. The van der Waals surface area contributed by atoms with Gasteiger partial charge in [-0.15, -0.1) is 0 Å². The van der Waals surface area contributed by atoms with E-state index in [1.807, 2.05) is 11.8 Å². The van der Waals surface area contributed by atoms with Gasteiger partial charge in [0.1, 0.15) is 18.3 Å². The smallest absolute Gasteiger partial charge is 0.325 e. The van der Waals surface area contributed by atoms with Gasteiger partial charge in [0, 0.05) is 55.4 Å². The predicted molar refractivity (Wildman–Crippen MR) is 109 cm³/mol. The van der Waals surface area contributed by atoms with Crippen molar-refractivity contribution in [1.82, 2.24) is 14.4 Å². The molecule has 0 saturated carbocycles. The number of ether oxygens (including phenoxy) is 1. The molecule has 3 rings (SSSR count). The lowest BCUT2D eigenvalue weighted by Gasteiger charge is -2.37. The fourth-order valence-corrected chi connectivity index (χ4v) is 3.97. The Labute approximate surface area is 169 Å². The van der Waals surface area contributed by atoms with E-state index in [0.29, 0.717) is 35.3 Å².